The van der Waals surface area contributed by atoms with Crippen LogP contribution in [0.1, 0.15) is 29.8 Å². The van der Waals surface area contributed by atoms with Crippen LogP contribution in [0.2, 0.25) is 0 Å². The Morgan fingerprint density at radius 2 is 2.11 bits per heavy atom. The van der Waals surface area contributed by atoms with Crippen LogP contribution in [0.5, 0.6) is 0 Å². The van der Waals surface area contributed by atoms with Gasteiger partial charge in [-0.15, -0.1) is 0 Å². The minimum absolute atomic E-state index is 0.0517. The molecule has 2 aliphatic heterocycles. The molecule has 0 saturated carbocycles. The van der Waals surface area contributed by atoms with Gasteiger partial charge in [-0.3, -0.25) is 9.78 Å². The first-order chi connectivity index (χ1) is 17.1. The van der Waals surface area contributed by atoms with Crippen molar-refractivity contribution in [3.05, 3.63) is 47.3 Å². The number of likely N-dealkylation sites (tertiary alicyclic amines) is 1. The van der Waals surface area contributed by atoms with Gasteiger partial charge in [-0.05, 0) is 44.5 Å². The number of halogens is 1. The number of carbonyl (C=O) groups is 1. The second kappa shape index (κ2) is 10.6. The van der Waals surface area contributed by atoms with Gasteiger partial charge in [0.15, 0.2) is 5.82 Å². The van der Waals surface area contributed by atoms with E-state index < -0.39 is 0 Å². The summed E-state index contributed by atoms with van der Waals surface area (Å²) in [5.41, 5.74) is 2.82. The van der Waals surface area contributed by atoms with Gasteiger partial charge >= 0.3 is 0 Å². The predicted octanol–water partition coefficient (Wildman–Crippen LogP) is 2.21. The van der Waals surface area contributed by atoms with Gasteiger partial charge in [-0.2, -0.15) is 0 Å². The highest BCUT2D eigenvalue weighted by molar-refractivity contribution is 8.00. The van der Waals surface area contributed by atoms with Crippen LogP contribution in [0.25, 0.3) is 11.0 Å². The number of piperidine rings is 1. The zero-order chi connectivity index (χ0) is 24.2. The molecule has 1 fully saturated rings. The van der Waals surface area contributed by atoms with Crippen LogP contribution in [0.3, 0.4) is 0 Å². The number of aromatic nitrogens is 4. The molecule has 0 atom stereocenters. The van der Waals surface area contributed by atoms with Crippen molar-refractivity contribution in [2.45, 2.75) is 36.9 Å². The van der Waals surface area contributed by atoms with Crippen molar-refractivity contribution < 1.29 is 14.4 Å². The average Bonchev–Trinajstić information content (AvgIpc) is 2.87. The van der Waals surface area contributed by atoms with Gasteiger partial charge in [0.05, 0.1) is 41.1 Å². The molecule has 182 valence electrons. The number of rotatable bonds is 7. The van der Waals surface area contributed by atoms with E-state index in [1.54, 1.807) is 12.3 Å². The molecule has 0 bridgehead atoms. The molecule has 0 aliphatic carbocycles. The molecule has 0 spiro atoms. The second-order valence-electron chi connectivity index (χ2n) is 8.53. The van der Waals surface area contributed by atoms with Crippen molar-refractivity contribution in [1.29, 1.82) is 0 Å². The fourth-order valence-corrected chi connectivity index (χ4v) is 5.05. The lowest BCUT2D eigenvalue weighted by atomic mass is 10.0. The maximum absolute atomic E-state index is 14.6. The van der Waals surface area contributed by atoms with Gasteiger partial charge in [-0.1, -0.05) is 16.9 Å². The number of anilines is 1. The summed E-state index contributed by atoms with van der Waals surface area (Å²) in [7, 11) is 0. The van der Waals surface area contributed by atoms with E-state index in [9.17, 15) is 9.18 Å². The first-order valence-electron chi connectivity index (χ1n) is 11.4. The Bertz CT molecular complexity index is 1270. The molecule has 12 heteroatoms. The number of hydrogen-bond donors (Lipinski definition) is 3. The quantitative estimate of drug-likeness (QED) is 0.256. The molecule has 3 N–H and O–H groups in total. The van der Waals surface area contributed by atoms with Crippen LogP contribution in [0.4, 0.5) is 10.2 Å². The van der Waals surface area contributed by atoms with E-state index in [0.717, 1.165) is 43.2 Å². The maximum atomic E-state index is 14.6. The Labute approximate surface area is 205 Å². The number of oxime groups is 1. The van der Waals surface area contributed by atoms with E-state index in [2.05, 4.69) is 40.6 Å². The molecule has 1 aromatic carbocycles. The summed E-state index contributed by atoms with van der Waals surface area (Å²) in [5.74, 6) is 0.561. The van der Waals surface area contributed by atoms with Gasteiger partial charge in [0.1, 0.15) is 16.5 Å². The molecule has 4 heterocycles. The molecule has 0 radical (unpaired) electrons. The lowest BCUT2D eigenvalue weighted by Gasteiger charge is -2.32. The number of nitrogens with one attached hydrogen (secondary N) is 2. The van der Waals surface area contributed by atoms with Crippen LogP contribution in [0.15, 0.2) is 34.7 Å². The molecular weight excluding hydrogens is 471 g/mol. The molecule has 2 aliphatic rings. The molecule has 35 heavy (non-hydrogen) atoms. The molecule has 0 unspecified atom stereocenters. The smallest absolute Gasteiger partial charge is 0.236 e. The Hall–Kier alpha value is -3.22. The average molecular weight is 497 g/mol. The first kappa shape index (κ1) is 23.5. The van der Waals surface area contributed by atoms with E-state index in [4.69, 9.17) is 5.21 Å². The highest BCUT2D eigenvalue weighted by atomic mass is 32.2. The summed E-state index contributed by atoms with van der Waals surface area (Å²) in [6.45, 7) is 3.11. The number of fused-ring (bicyclic) bond motifs is 2. The van der Waals surface area contributed by atoms with Gasteiger partial charge < -0.3 is 20.7 Å². The largest absolute Gasteiger partial charge is 0.411 e. The van der Waals surface area contributed by atoms with Crippen molar-refractivity contribution >= 4 is 40.7 Å². The SMILES string of the molecule is O=C1CSc2ncc(CNC3CCN(CCc4c(F)ccc5ncc(/C=N\O)nc45)CC3)nc2N1. The zero-order valence-corrected chi connectivity index (χ0v) is 19.8. The van der Waals surface area contributed by atoms with Crippen molar-refractivity contribution in [3.8, 4) is 0 Å². The Morgan fingerprint density at radius 1 is 1.26 bits per heavy atom. The van der Waals surface area contributed by atoms with Crippen molar-refractivity contribution in [2.24, 2.45) is 5.16 Å². The topological polar surface area (TPSA) is 129 Å². The van der Waals surface area contributed by atoms with E-state index >= 15 is 0 Å². The fraction of sp³-hybridized carbons (Fsp3) is 0.391. The molecular formula is C23H25FN8O2S. The van der Waals surface area contributed by atoms with Crippen LogP contribution in [-0.2, 0) is 17.8 Å². The third-order valence-corrected chi connectivity index (χ3v) is 7.17. The fourth-order valence-electron chi connectivity index (χ4n) is 4.35. The Kier molecular flexibility index (Phi) is 7.11. The van der Waals surface area contributed by atoms with Crippen molar-refractivity contribution in [3.63, 3.8) is 0 Å². The maximum Gasteiger partial charge on any atom is 0.236 e. The Balaban J connectivity index is 1.14. The number of thioether (sulfide) groups is 1. The molecule has 3 aromatic rings. The van der Waals surface area contributed by atoms with Gasteiger partial charge in [0.25, 0.3) is 0 Å². The van der Waals surface area contributed by atoms with Crippen molar-refractivity contribution in [2.75, 3.05) is 30.7 Å². The van der Waals surface area contributed by atoms with Gasteiger partial charge in [0, 0.05) is 24.7 Å². The molecule has 1 saturated heterocycles. The minimum Gasteiger partial charge on any atom is -0.411 e. The van der Waals surface area contributed by atoms with E-state index in [0.29, 0.717) is 52.9 Å². The summed E-state index contributed by atoms with van der Waals surface area (Å²) in [4.78, 5) is 31.5. The summed E-state index contributed by atoms with van der Waals surface area (Å²) in [6.07, 6.45) is 6.89. The summed E-state index contributed by atoms with van der Waals surface area (Å²) >= 11 is 1.40. The normalized spacial score (nSPS) is 17.1. The third-order valence-electron chi connectivity index (χ3n) is 6.20. The van der Waals surface area contributed by atoms with E-state index in [1.165, 1.54) is 30.2 Å². The third kappa shape index (κ3) is 5.55. The highest BCUT2D eigenvalue weighted by Gasteiger charge is 2.21. The van der Waals surface area contributed by atoms with Crippen molar-refractivity contribution in [1.82, 2.24) is 30.2 Å². The number of benzene rings is 1. The van der Waals surface area contributed by atoms with Gasteiger partial charge in [0.2, 0.25) is 5.91 Å². The van der Waals surface area contributed by atoms with E-state index in [1.807, 2.05) is 0 Å². The number of amides is 1. The molecule has 5 rings (SSSR count). The zero-order valence-electron chi connectivity index (χ0n) is 18.9. The van der Waals surface area contributed by atoms with Crippen LogP contribution >= 0.6 is 11.8 Å². The number of nitrogens with zero attached hydrogens (tertiary/aromatic N) is 6. The second-order valence-corrected chi connectivity index (χ2v) is 9.50. The lowest BCUT2D eigenvalue weighted by molar-refractivity contribution is -0.113. The monoisotopic (exact) mass is 496 g/mol. The van der Waals surface area contributed by atoms with Crippen LogP contribution < -0.4 is 10.6 Å². The molecule has 10 nitrogen and oxygen atoms in total. The summed E-state index contributed by atoms with van der Waals surface area (Å²) in [5, 5.41) is 18.8. The number of carbonyl (C=O) groups excluding carboxylic acids is 1. The number of hydrogen-bond acceptors (Lipinski definition) is 10. The van der Waals surface area contributed by atoms with E-state index in [-0.39, 0.29) is 11.7 Å². The van der Waals surface area contributed by atoms with Gasteiger partial charge in [-0.25, -0.2) is 19.3 Å². The molecule has 2 aromatic heterocycles. The minimum atomic E-state index is -0.304. The predicted molar refractivity (Wildman–Crippen MR) is 130 cm³/mol. The lowest BCUT2D eigenvalue weighted by Crippen LogP contribution is -2.43. The standard InChI is InChI=1S/C23H25FN8O2S/c24-18-1-2-19-21(29-16(10-26-19)12-28-34)17(18)5-8-32-6-3-14(4-7-32)25-9-15-11-27-23-22(30-15)31-20(33)13-35-23/h1-2,10-12,14,25,34H,3-9,13H2,(H,30,31,33)/b28-12-. The molecule has 1 amide bonds. The highest BCUT2D eigenvalue weighted by Crippen LogP contribution is 2.27. The van der Waals surface area contributed by atoms with Crippen LogP contribution in [0, 0.1) is 5.82 Å². The van der Waals surface area contributed by atoms with Crippen LogP contribution in [-0.4, -0.2) is 73.6 Å². The first-order valence-corrected chi connectivity index (χ1v) is 12.4. The summed E-state index contributed by atoms with van der Waals surface area (Å²) < 4.78 is 14.6. The Morgan fingerprint density at radius 3 is 2.94 bits per heavy atom. The summed E-state index contributed by atoms with van der Waals surface area (Å²) in [6, 6.07) is 3.39.